The normalized spacial score (nSPS) is 11.3. The molecule has 0 aliphatic rings. The first kappa shape index (κ1) is 35.8. The fraction of sp³-hybridized carbons (Fsp3) is 0.227. The smallest absolute Gasteiger partial charge is 0.255 e. The van der Waals surface area contributed by atoms with Crippen molar-refractivity contribution >= 4 is 33.2 Å². The van der Waals surface area contributed by atoms with Crippen molar-refractivity contribution in [3.8, 4) is 39.9 Å². The van der Waals surface area contributed by atoms with Gasteiger partial charge in [-0.1, -0.05) is 59.7 Å². The summed E-state index contributed by atoms with van der Waals surface area (Å²) < 4.78 is 0. The maximum absolute atomic E-state index is 13.7. The molecular formula is C44H43NO7. The van der Waals surface area contributed by atoms with E-state index in [4.69, 9.17) is 0 Å². The third-order valence-electron chi connectivity index (χ3n) is 9.83. The van der Waals surface area contributed by atoms with Gasteiger partial charge < -0.3 is 30.8 Å². The Morgan fingerprint density at radius 3 is 1.65 bits per heavy atom. The standard InChI is InChI=1S/C44H43NO7/c1-23-9-6-11-28(17-23)13-8-14-34(46)38-30-19-25(3)36(41(49)32(30)21-27(5)40(38)48)37-26(4)20-31-33(42(37)50)22-35(47)43(51)39(31)44(52)45-16-15-29-12-7-10-24(2)18-29/h6-7,9-12,17-22,47-51H,8,13-16H2,1-5H3,(H,45,52). The minimum absolute atomic E-state index is 0.102. The van der Waals surface area contributed by atoms with Gasteiger partial charge in [-0.3, -0.25) is 9.59 Å². The first-order valence-corrected chi connectivity index (χ1v) is 17.4. The Bertz CT molecular complexity index is 2240. The molecular weight excluding hydrogens is 654 g/mol. The average Bonchev–Trinajstić information content (AvgIpc) is 3.08. The molecule has 0 spiro atoms. The van der Waals surface area contributed by atoms with Crippen molar-refractivity contribution in [3.63, 3.8) is 0 Å². The summed E-state index contributed by atoms with van der Waals surface area (Å²) in [5, 5.41) is 60.2. The van der Waals surface area contributed by atoms with Gasteiger partial charge in [0.05, 0.1) is 11.1 Å². The largest absolute Gasteiger partial charge is 0.507 e. The summed E-state index contributed by atoms with van der Waals surface area (Å²) in [5.41, 5.74) is 6.36. The van der Waals surface area contributed by atoms with Gasteiger partial charge in [-0.2, -0.15) is 0 Å². The van der Waals surface area contributed by atoms with E-state index in [0.29, 0.717) is 52.3 Å². The third-order valence-corrected chi connectivity index (χ3v) is 9.83. The summed E-state index contributed by atoms with van der Waals surface area (Å²) in [6, 6.07) is 22.2. The Hall–Kier alpha value is -6.02. The molecule has 0 saturated carbocycles. The number of nitrogens with one attached hydrogen (secondary N) is 1. The number of hydrogen-bond donors (Lipinski definition) is 6. The number of phenolic OH excluding ortho intramolecular Hbond substituents is 5. The summed E-state index contributed by atoms with van der Waals surface area (Å²) in [5.74, 6) is -2.68. The predicted molar refractivity (Wildman–Crippen MR) is 205 cm³/mol. The molecule has 0 bridgehead atoms. The van der Waals surface area contributed by atoms with Crippen LogP contribution in [0.4, 0.5) is 0 Å². The van der Waals surface area contributed by atoms with Gasteiger partial charge in [0.1, 0.15) is 17.2 Å². The second-order valence-electron chi connectivity index (χ2n) is 13.8. The molecule has 6 aromatic rings. The van der Waals surface area contributed by atoms with Crippen molar-refractivity contribution < 1.29 is 35.1 Å². The molecule has 0 radical (unpaired) electrons. The number of amides is 1. The summed E-state index contributed by atoms with van der Waals surface area (Å²) in [6.45, 7) is 9.40. The van der Waals surface area contributed by atoms with Crippen LogP contribution in [0.15, 0.2) is 72.8 Å². The fourth-order valence-corrected chi connectivity index (χ4v) is 7.27. The summed E-state index contributed by atoms with van der Waals surface area (Å²) in [6.07, 6.45) is 2.04. The molecule has 8 nitrogen and oxygen atoms in total. The van der Waals surface area contributed by atoms with Crippen molar-refractivity contribution in [2.45, 2.75) is 60.3 Å². The molecule has 6 rings (SSSR count). The van der Waals surface area contributed by atoms with Gasteiger partial charge in [0.15, 0.2) is 17.3 Å². The lowest BCUT2D eigenvalue weighted by atomic mass is 9.86. The molecule has 0 heterocycles. The summed E-state index contributed by atoms with van der Waals surface area (Å²) in [7, 11) is 0. The van der Waals surface area contributed by atoms with Gasteiger partial charge in [0, 0.05) is 45.6 Å². The Morgan fingerprint density at radius 1 is 0.558 bits per heavy atom. The monoisotopic (exact) mass is 697 g/mol. The number of phenols is 5. The van der Waals surface area contributed by atoms with E-state index in [-0.39, 0.29) is 63.5 Å². The number of rotatable bonds is 10. The van der Waals surface area contributed by atoms with E-state index in [0.717, 1.165) is 22.3 Å². The third kappa shape index (κ3) is 6.72. The Labute approximate surface area is 302 Å². The Kier molecular flexibility index (Phi) is 9.85. The predicted octanol–water partition coefficient (Wildman–Crippen LogP) is 8.91. The number of hydrogen-bond acceptors (Lipinski definition) is 7. The van der Waals surface area contributed by atoms with Gasteiger partial charge in [-0.25, -0.2) is 0 Å². The molecule has 0 aliphatic heterocycles. The lowest BCUT2D eigenvalue weighted by Crippen LogP contribution is -2.26. The van der Waals surface area contributed by atoms with E-state index in [1.54, 1.807) is 39.0 Å². The maximum Gasteiger partial charge on any atom is 0.255 e. The molecule has 52 heavy (non-hydrogen) atoms. The Morgan fingerprint density at radius 2 is 1.08 bits per heavy atom. The van der Waals surface area contributed by atoms with E-state index < -0.39 is 17.4 Å². The number of aromatic hydroxyl groups is 5. The highest BCUT2D eigenvalue weighted by Gasteiger charge is 2.27. The molecule has 266 valence electrons. The number of aryl methyl sites for hydroxylation is 6. The van der Waals surface area contributed by atoms with Crippen LogP contribution >= 0.6 is 0 Å². The topological polar surface area (TPSA) is 147 Å². The lowest BCUT2D eigenvalue weighted by molar-refractivity contribution is 0.0950. The average molecular weight is 698 g/mol. The van der Waals surface area contributed by atoms with E-state index in [2.05, 4.69) is 11.4 Å². The molecule has 6 N–H and O–H groups in total. The van der Waals surface area contributed by atoms with E-state index in [1.165, 1.54) is 6.07 Å². The van der Waals surface area contributed by atoms with Crippen LogP contribution in [-0.2, 0) is 12.8 Å². The summed E-state index contributed by atoms with van der Waals surface area (Å²) in [4.78, 5) is 27.1. The first-order valence-electron chi connectivity index (χ1n) is 17.4. The highest BCUT2D eigenvalue weighted by molar-refractivity contribution is 6.16. The van der Waals surface area contributed by atoms with Crippen LogP contribution in [0.5, 0.6) is 28.7 Å². The molecule has 6 aromatic carbocycles. The van der Waals surface area contributed by atoms with Crippen LogP contribution in [0.1, 0.15) is 72.5 Å². The minimum atomic E-state index is -0.617. The van der Waals surface area contributed by atoms with Crippen LogP contribution in [0.25, 0.3) is 32.7 Å². The number of fused-ring (bicyclic) bond motifs is 2. The van der Waals surface area contributed by atoms with E-state index in [1.807, 2.05) is 56.3 Å². The van der Waals surface area contributed by atoms with Crippen LogP contribution < -0.4 is 5.32 Å². The van der Waals surface area contributed by atoms with Crippen LogP contribution in [0, 0.1) is 34.6 Å². The SMILES string of the molecule is Cc1cccc(CCCC(=O)c2c(O)c(C)cc3c(O)c(-c4c(C)cc5c(C(=O)NCCc6cccc(C)c6)c(O)c(O)cc5c4O)c(C)cc23)c1. The van der Waals surface area contributed by atoms with Crippen molar-refractivity contribution in [2.24, 2.45) is 0 Å². The number of ketones is 1. The zero-order chi connectivity index (χ0) is 37.4. The Balaban J connectivity index is 1.38. The highest BCUT2D eigenvalue weighted by atomic mass is 16.3. The molecule has 0 aromatic heterocycles. The second kappa shape index (κ2) is 14.3. The van der Waals surface area contributed by atoms with Gasteiger partial charge >= 0.3 is 0 Å². The minimum Gasteiger partial charge on any atom is -0.507 e. The van der Waals surface area contributed by atoms with Gasteiger partial charge in [0.25, 0.3) is 5.91 Å². The van der Waals surface area contributed by atoms with Crippen molar-refractivity contribution in [2.75, 3.05) is 6.54 Å². The molecule has 0 fully saturated rings. The molecule has 0 unspecified atom stereocenters. The fourth-order valence-electron chi connectivity index (χ4n) is 7.27. The molecule has 0 atom stereocenters. The zero-order valence-electron chi connectivity index (χ0n) is 30.0. The van der Waals surface area contributed by atoms with Gasteiger partial charge in [-0.15, -0.1) is 0 Å². The molecule has 8 heteroatoms. The van der Waals surface area contributed by atoms with Crippen LogP contribution in [0.3, 0.4) is 0 Å². The molecule has 0 aliphatic carbocycles. The molecule has 1 amide bonds. The highest BCUT2D eigenvalue weighted by Crippen LogP contribution is 2.50. The summed E-state index contributed by atoms with van der Waals surface area (Å²) >= 11 is 0. The van der Waals surface area contributed by atoms with Crippen molar-refractivity contribution in [1.82, 2.24) is 5.32 Å². The van der Waals surface area contributed by atoms with Crippen LogP contribution in [-0.4, -0.2) is 43.8 Å². The van der Waals surface area contributed by atoms with Crippen molar-refractivity contribution in [3.05, 3.63) is 123 Å². The number of Topliss-reactive ketones (excluding diaryl/α,β-unsaturated/α-hetero) is 1. The first-order chi connectivity index (χ1) is 24.8. The van der Waals surface area contributed by atoms with E-state index in [9.17, 15) is 35.1 Å². The number of benzene rings is 6. The van der Waals surface area contributed by atoms with Crippen molar-refractivity contribution in [1.29, 1.82) is 0 Å². The maximum atomic E-state index is 13.7. The van der Waals surface area contributed by atoms with E-state index >= 15 is 0 Å². The molecule has 0 saturated heterocycles. The zero-order valence-corrected chi connectivity index (χ0v) is 30.0. The van der Waals surface area contributed by atoms with Gasteiger partial charge in [-0.05, 0) is 106 Å². The number of carbonyl (C=O) groups excluding carboxylic acids is 2. The second-order valence-corrected chi connectivity index (χ2v) is 13.8. The van der Waals surface area contributed by atoms with Crippen LogP contribution in [0.2, 0.25) is 0 Å². The van der Waals surface area contributed by atoms with Gasteiger partial charge in [0.2, 0.25) is 0 Å². The lowest BCUT2D eigenvalue weighted by Gasteiger charge is -2.20. The number of carbonyl (C=O) groups is 2. The quantitative estimate of drug-likeness (QED) is 0.0619.